The Hall–Kier alpha value is -1.02. The second kappa shape index (κ2) is 6.17. The van der Waals surface area contributed by atoms with Crippen molar-refractivity contribution in [2.45, 2.75) is 71.4 Å². The van der Waals surface area contributed by atoms with E-state index >= 15 is 0 Å². The van der Waals surface area contributed by atoms with Gasteiger partial charge < -0.3 is 10.1 Å². The van der Waals surface area contributed by atoms with Crippen LogP contribution >= 0.6 is 0 Å². The molecule has 1 fully saturated rings. The molecule has 2 nitrogen and oxygen atoms in total. The normalized spacial score (nSPS) is 17.1. The Morgan fingerprint density at radius 3 is 2.55 bits per heavy atom. The van der Waals surface area contributed by atoms with Crippen molar-refractivity contribution in [3.63, 3.8) is 0 Å². The summed E-state index contributed by atoms with van der Waals surface area (Å²) in [5, 5.41) is 3.53. The van der Waals surface area contributed by atoms with E-state index in [1.807, 2.05) is 0 Å². The van der Waals surface area contributed by atoms with Crippen molar-refractivity contribution in [1.29, 1.82) is 0 Å². The molecule has 1 saturated carbocycles. The summed E-state index contributed by atoms with van der Waals surface area (Å²) in [5.74, 6) is 1.04. The highest BCUT2D eigenvalue weighted by molar-refractivity contribution is 5.41. The third-order valence-corrected chi connectivity index (χ3v) is 3.86. The van der Waals surface area contributed by atoms with E-state index < -0.39 is 0 Å². The largest absolute Gasteiger partial charge is 0.489 e. The Labute approximate surface area is 123 Å². The summed E-state index contributed by atoms with van der Waals surface area (Å²) in [4.78, 5) is 0. The lowest BCUT2D eigenvalue weighted by Crippen LogP contribution is -2.31. The topological polar surface area (TPSA) is 21.3 Å². The molecule has 112 valence electrons. The van der Waals surface area contributed by atoms with Crippen molar-refractivity contribution in [3.8, 4) is 5.75 Å². The van der Waals surface area contributed by atoms with Crippen LogP contribution in [0.4, 0.5) is 0 Å². The van der Waals surface area contributed by atoms with Crippen molar-refractivity contribution < 1.29 is 4.74 Å². The molecule has 0 radical (unpaired) electrons. The van der Waals surface area contributed by atoms with Gasteiger partial charge in [-0.1, -0.05) is 39.8 Å². The summed E-state index contributed by atoms with van der Waals surface area (Å²) < 4.78 is 6.19. The molecule has 1 N–H and O–H groups in total. The molecular formula is C18H29NO. The van der Waals surface area contributed by atoms with Crippen LogP contribution in [0.2, 0.25) is 0 Å². The molecule has 2 heteroatoms. The quantitative estimate of drug-likeness (QED) is 0.845. The zero-order valence-electron chi connectivity index (χ0n) is 13.6. The maximum atomic E-state index is 6.19. The third-order valence-electron chi connectivity index (χ3n) is 3.86. The number of rotatable bonds is 6. The van der Waals surface area contributed by atoms with Crippen molar-refractivity contribution >= 4 is 0 Å². The molecule has 20 heavy (non-hydrogen) atoms. The van der Waals surface area contributed by atoms with Gasteiger partial charge in [-0.2, -0.15) is 0 Å². The minimum absolute atomic E-state index is 0.115. The molecule has 0 aromatic heterocycles. The molecule has 1 aliphatic rings. The Bertz CT molecular complexity index is 443. The predicted octanol–water partition coefficient (Wildman–Crippen LogP) is 4.07. The first-order chi connectivity index (χ1) is 9.40. The van der Waals surface area contributed by atoms with Gasteiger partial charge in [0.25, 0.3) is 0 Å². The van der Waals surface area contributed by atoms with Gasteiger partial charge in [0, 0.05) is 12.6 Å². The van der Waals surface area contributed by atoms with Crippen LogP contribution in [0.15, 0.2) is 18.2 Å². The molecule has 1 aliphatic carbocycles. The van der Waals surface area contributed by atoms with Gasteiger partial charge in [0.2, 0.25) is 0 Å². The number of aryl methyl sites for hydroxylation is 1. The third kappa shape index (κ3) is 4.24. The molecule has 1 aromatic carbocycles. The Morgan fingerprint density at radius 2 is 2.00 bits per heavy atom. The van der Waals surface area contributed by atoms with Gasteiger partial charge in [-0.25, -0.2) is 0 Å². The molecule has 0 amide bonds. The van der Waals surface area contributed by atoms with E-state index in [-0.39, 0.29) is 11.5 Å². The lowest BCUT2D eigenvalue weighted by atomic mass is 9.85. The summed E-state index contributed by atoms with van der Waals surface area (Å²) in [5.41, 5.74) is 2.81. The lowest BCUT2D eigenvalue weighted by molar-refractivity contribution is 0.212. The van der Waals surface area contributed by atoms with Crippen LogP contribution in [0, 0.1) is 0 Å². The molecule has 1 atom stereocenters. The smallest absolute Gasteiger partial charge is 0.123 e. The van der Waals surface area contributed by atoms with E-state index in [4.69, 9.17) is 4.74 Å². The van der Waals surface area contributed by atoms with Crippen molar-refractivity contribution in [2.75, 3.05) is 6.54 Å². The van der Waals surface area contributed by atoms with Crippen LogP contribution in [-0.2, 0) is 11.8 Å². The monoisotopic (exact) mass is 275 g/mol. The van der Waals surface area contributed by atoms with Gasteiger partial charge in [-0.3, -0.25) is 0 Å². The Kier molecular flexibility index (Phi) is 4.74. The summed E-state index contributed by atoms with van der Waals surface area (Å²) in [6, 6.07) is 7.38. The molecule has 0 bridgehead atoms. The van der Waals surface area contributed by atoms with Crippen molar-refractivity contribution in [1.82, 2.24) is 5.32 Å². The first-order valence-corrected chi connectivity index (χ1v) is 7.93. The number of nitrogens with one attached hydrogen (secondary N) is 1. The molecule has 0 saturated heterocycles. The van der Waals surface area contributed by atoms with E-state index in [2.05, 4.69) is 58.1 Å². The van der Waals surface area contributed by atoms with Crippen molar-refractivity contribution in [3.05, 3.63) is 29.3 Å². The van der Waals surface area contributed by atoms with E-state index in [0.717, 1.165) is 24.8 Å². The first kappa shape index (κ1) is 15.4. The van der Waals surface area contributed by atoms with Gasteiger partial charge >= 0.3 is 0 Å². The second-order valence-electron chi connectivity index (χ2n) is 7.05. The zero-order chi connectivity index (χ0) is 14.8. The van der Waals surface area contributed by atoms with E-state index in [9.17, 15) is 0 Å². The SMILES string of the molecule is CCc1ccc(OC(C)CNC2CC2)c(C(C)(C)C)c1. The summed E-state index contributed by atoms with van der Waals surface area (Å²) >= 11 is 0. The average molecular weight is 275 g/mol. The summed E-state index contributed by atoms with van der Waals surface area (Å²) in [6.45, 7) is 12.0. The minimum Gasteiger partial charge on any atom is -0.489 e. The molecule has 0 aliphatic heterocycles. The van der Waals surface area contributed by atoms with Crippen molar-refractivity contribution in [2.24, 2.45) is 0 Å². The van der Waals surface area contributed by atoms with Crippen LogP contribution in [0.25, 0.3) is 0 Å². The standard InChI is InChI=1S/C18H29NO/c1-6-14-7-10-17(16(11-14)18(3,4)5)20-13(2)12-19-15-8-9-15/h7,10-11,13,15,19H,6,8-9,12H2,1-5H3. The highest BCUT2D eigenvalue weighted by atomic mass is 16.5. The summed E-state index contributed by atoms with van der Waals surface area (Å²) in [7, 11) is 0. The number of ether oxygens (including phenoxy) is 1. The van der Waals surface area contributed by atoms with Crippen LogP contribution in [0.1, 0.15) is 58.6 Å². The molecule has 1 aromatic rings. The Morgan fingerprint density at radius 1 is 1.30 bits per heavy atom. The predicted molar refractivity (Wildman–Crippen MR) is 85.6 cm³/mol. The van der Waals surface area contributed by atoms with Crippen LogP contribution in [0.3, 0.4) is 0 Å². The molecule has 0 spiro atoms. The number of hydrogen-bond donors (Lipinski definition) is 1. The first-order valence-electron chi connectivity index (χ1n) is 7.93. The van der Waals surface area contributed by atoms with E-state index in [0.29, 0.717) is 0 Å². The van der Waals surface area contributed by atoms with Crippen LogP contribution in [0.5, 0.6) is 5.75 Å². The van der Waals surface area contributed by atoms with Gasteiger partial charge in [-0.15, -0.1) is 0 Å². The highest BCUT2D eigenvalue weighted by Gasteiger charge is 2.23. The summed E-state index contributed by atoms with van der Waals surface area (Å²) in [6.07, 6.45) is 3.93. The minimum atomic E-state index is 0.115. The second-order valence-corrected chi connectivity index (χ2v) is 7.05. The maximum absolute atomic E-state index is 6.19. The Balaban J connectivity index is 2.08. The fraction of sp³-hybridized carbons (Fsp3) is 0.667. The lowest BCUT2D eigenvalue weighted by Gasteiger charge is -2.26. The fourth-order valence-corrected chi connectivity index (χ4v) is 2.36. The van der Waals surface area contributed by atoms with Crippen LogP contribution < -0.4 is 10.1 Å². The molecule has 1 unspecified atom stereocenters. The number of hydrogen-bond acceptors (Lipinski definition) is 2. The van der Waals surface area contributed by atoms with Gasteiger partial charge in [0.15, 0.2) is 0 Å². The van der Waals surface area contributed by atoms with E-state index in [1.165, 1.54) is 24.0 Å². The van der Waals surface area contributed by atoms with Crippen LogP contribution in [-0.4, -0.2) is 18.7 Å². The molecule has 2 rings (SSSR count). The highest BCUT2D eigenvalue weighted by Crippen LogP contribution is 2.33. The van der Waals surface area contributed by atoms with E-state index in [1.54, 1.807) is 0 Å². The molecular weight excluding hydrogens is 246 g/mol. The van der Waals surface area contributed by atoms with Gasteiger partial charge in [0.1, 0.15) is 11.9 Å². The zero-order valence-corrected chi connectivity index (χ0v) is 13.6. The van der Waals surface area contributed by atoms with Gasteiger partial charge in [-0.05, 0) is 48.8 Å². The fourth-order valence-electron chi connectivity index (χ4n) is 2.36. The molecule has 0 heterocycles. The average Bonchev–Trinajstić information content (AvgIpc) is 3.19. The maximum Gasteiger partial charge on any atom is 0.123 e. The van der Waals surface area contributed by atoms with Gasteiger partial charge in [0.05, 0.1) is 0 Å². The number of benzene rings is 1.